The van der Waals surface area contributed by atoms with Gasteiger partial charge in [-0.2, -0.15) is 0 Å². The fourth-order valence-electron chi connectivity index (χ4n) is 2.23. The number of hydrogen-bond donors (Lipinski definition) is 1. The fraction of sp³-hybridized carbons (Fsp3) is 0.0625. The molecule has 3 aromatic rings. The van der Waals surface area contributed by atoms with Crippen molar-refractivity contribution in [1.82, 2.24) is 4.57 Å². The summed E-state index contributed by atoms with van der Waals surface area (Å²) < 4.78 is 2.99. The number of carbonyl (C=O) groups excluding carboxylic acids is 1. The van der Waals surface area contributed by atoms with Crippen molar-refractivity contribution in [2.45, 2.75) is 0 Å². The maximum atomic E-state index is 12.4. The molecule has 100 valence electrons. The van der Waals surface area contributed by atoms with Gasteiger partial charge in [0.25, 0.3) is 5.91 Å². The van der Waals surface area contributed by atoms with Crippen molar-refractivity contribution in [2.75, 3.05) is 5.32 Å². The molecule has 1 N–H and O–H groups in total. The van der Waals surface area contributed by atoms with Gasteiger partial charge < -0.3 is 9.88 Å². The highest BCUT2D eigenvalue weighted by Gasteiger charge is 2.11. The van der Waals surface area contributed by atoms with Crippen molar-refractivity contribution in [3.05, 3.63) is 64.8 Å². The summed E-state index contributed by atoms with van der Waals surface area (Å²) in [6, 6.07) is 15.3. The average Bonchev–Trinajstić information content (AvgIpc) is 2.83. The monoisotopic (exact) mass is 328 g/mol. The molecule has 0 aliphatic heterocycles. The first kappa shape index (κ1) is 12.9. The van der Waals surface area contributed by atoms with Crippen LogP contribution in [0.3, 0.4) is 0 Å². The van der Waals surface area contributed by atoms with Gasteiger partial charge in [-0.05, 0) is 42.5 Å². The van der Waals surface area contributed by atoms with Gasteiger partial charge >= 0.3 is 0 Å². The number of aryl methyl sites for hydroxylation is 1. The second-order valence-corrected chi connectivity index (χ2v) is 5.54. The molecule has 0 saturated carbocycles. The van der Waals surface area contributed by atoms with Gasteiger partial charge in [-0.25, -0.2) is 0 Å². The Labute approximate surface area is 125 Å². The highest BCUT2D eigenvalue weighted by molar-refractivity contribution is 9.10. The van der Waals surface area contributed by atoms with E-state index in [0.717, 1.165) is 21.1 Å². The zero-order valence-corrected chi connectivity index (χ0v) is 12.5. The molecule has 1 heterocycles. The first-order valence-corrected chi connectivity index (χ1v) is 7.05. The third-order valence-electron chi connectivity index (χ3n) is 3.27. The molecule has 0 unspecified atom stereocenters. The summed E-state index contributed by atoms with van der Waals surface area (Å²) in [5, 5.41) is 3.88. The van der Waals surface area contributed by atoms with Crippen molar-refractivity contribution >= 4 is 38.4 Å². The molecule has 0 radical (unpaired) electrons. The van der Waals surface area contributed by atoms with Gasteiger partial charge in [-0.15, -0.1) is 0 Å². The number of aromatic nitrogens is 1. The van der Waals surface area contributed by atoms with E-state index < -0.39 is 0 Å². The Hall–Kier alpha value is -2.07. The molecular formula is C16H13BrN2O. The molecule has 0 bridgehead atoms. The van der Waals surface area contributed by atoms with E-state index in [1.165, 1.54) is 0 Å². The molecular weight excluding hydrogens is 316 g/mol. The summed E-state index contributed by atoms with van der Waals surface area (Å²) in [4.78, 5) is 12.4. The lowest BCUT2D eigenvalue weighted by Crippen LogP contribution is -2.12. The molecule has 0 spiro atoms. The van der Waals surface area contributed by atoms with Crippen LogP contribution >= 0.6 is 15.9 Å². The van der Waals surface area contributed by atoms with Crippen LogP contribution in [-0.2, 0) is 7.05 Å². The fourth-order valence-corrected chi connectivity index (χ4v) is 2.50. The number of anilines is 1. The van der Waals surface area contributed by atoms with Crippen molar-refractivity contribution < 1.29 is 4.79 Å². The zero-order valence-electron chi connectivity index (χ0n) is 10.9. The predicted molar refractivity (Wildman–Crippen MR) is 85.0 cm³/mol. The van der Waals surface area contributed by atoms with Gasteiger partial charge in [0.1, 0.15) is 0 Å². The van der Waals surface area contributed by atoms with E-state index in [-0.39, 0.29) is 5.91 Å². The Bertz CT molecular complexity index is 775. The van der Waals surface area contributed by atoms with Crippen molar-refractivity contribution in [1.29, 1.82) is 0 Å². The number of fused-ring (bicyclic) bond motifs is 1. The highest BCUT2D eigenvalue weighted by Crippen LogP contribution is 2.21. The van der Waals surface area contributed by atoms with Crippen LogP contribution in [-0.4, -0.2) is 10.5 Å². The number of nitrogens with zero attached hydrogens (tertiary/aromatic N) is 1. The number of amides is 1. The molecule has 0 fully saturated rings. The number of benzene rings is 2. The Balaban J connectivity index is 1.94. The molecule has 2 aromatic carbocycles. The van der Waals surface area contributed by atoms with Crippen LogP contribution in [0.1, 0.15) is 10.4 Å². The summed E-state index contributed by atoms with van der Waals surface area (Å²) >= 11 is 3.38. The van der Waals surface area contributed by atoms with Crippen molar-refractivity contribution in [2.24, 2.45) is 7.05 Å². The molecule has 20 heavy (non-hydrogen) atoms. The van der Waals surface area contributed by atoms with E-state index >= 15 is 0 Å². The minimum Gasteiger partial charge on any atom is -0.351 e. The van der Waals surface area contributed by atoms with E-state index in [2.05, 4.69) is 21.2 Å². The predicted octanol–water partition coefficient (Wildman–Crippen LogP) is 4.19. The number of rotatable bonds is 2. The van der Waals surface area contributed by atoms with Gasteiger partial charge in [0.2, 0.25) is 0 Å². The van der Waals surface area contributed by atoms with Crippen LogP contribution < -0.4 is 5.32 Å². The summed E-state index contributed by atoms with van der Waals surface area (Å²) in [7, 11) is 1.97. The van der Waals surface area contributed by atoms with E-state index in [4.69, 9.17) is 0 Å². The molecule has 4 heteroatoms. The van der Waals surface area contributed by atoms with E-state index in [1.54, 1.807) is 0 Å². The smallest absolute Gasteiger partial charge is 0.256 e. The summed E-state index contributed by atoms with van der Waals surface area (Å²) in [6.45, 7) is 0. The van der Waals surface area contributed by atoms with E-state index in [1.807, 2.05) is 66.3 Å². The van der Waals surface area contributed by atoms with Crippen LogP contribution in [0.5, 0.6) is 0 Å². The molecule has 0 saturated heterocycles. The number of halogens is 1. The maximum absolute atomic E-state index is 12.4. The third kappa shape index (κ3) is 2.34. The number of nitrogens with one attached hydrogen (secondary N) is 1. The lowest BCUT2D eigenvalue weighted by Gasteiger charge is -2.07. The standard InChI is InChI=1S/C16H13BrN2O/c1-19-10-9-13-14(3-2-4-15(13)19)16(20)18-12-7-5-11(17)6-8-12/h2-10H,1H3,(H,18,20). The summed E-state index contributed by atoms with van der Waals surface area (Å²) in [5.41, 5.74) is 2.52. The lowest BCUT2D eigenvalue weighted by molar-refractivity contribution is 0.102. The second-order valence-electron chi connectivity index (χ2n) is 4.63. The van der Waals surface area contributed by atoms with Crippen LogP contribution in [0.25, 0.3) is 10.9 Å². The minimum atomic E-state index is -0.0934. The topological polar surface area (TPSA) is 34.0 Å². The second kappa shape index (κ2) is 5.13. The minimum absolute atomic E-state index is 0.0934. The van der Waals surface area contributed by atoms with Crippen LogP contribution in [0.15, 0.2) is 59.2 Å². The van der Waals surface area contributed by atoms with Crippen molar-refractivity contribution in [3.8, 4) is 0 Å². The van der Waals surface area contributed by atoms with Crippen LogP contribution in [0.2, 0.25) is 0 Å². The Kier molecular flexibility index (Phi) is 3.32. The molecule has 3 rings (SSSR count). The Morgan fingerprint density at radius 1 is 1.10 bits per heavy atom. The first-order chi connectivity index (χ1) is 9.65. The van der Waals surface area contributed by atoms with Gasteiger partial charge in [0.15, 0.2) is 0 Å². The molecule has 0 aliphatic carbocycles. The highest BCUT2D eigenvalue weighted by atomic mass is 79.9. The van der Waals surface area contributed by atoms with Gasteiger partial charge in [-0.1, -0.05) is 22.0 Å². The molecule has 1 aromatic heterocycles. The molecule has 3 nitrogen and oxygen atoms in total. The van der Waals surface area contributed by atoms with Crippen LogP contribution in [0.4, 0.5) is 5.69 Å². The normalized spacial score (nSPS) is 10.7. The number of hydrogen-bond acceptors (Lipinski definition) is 1. The SMILES string of the molecule is Cn1ccc2c(C(=O)Nc3ccc(Br)cc3)cccc21. The zero-order chi connectivity index (χ0) is 14.1. The third-order valence-corrected chi connectivity index (χ3v) is 3.80. The summed E-state index contributed by atoms with van der Waals surface area (Å²) in [5.74, 6) is -0.0934. The van der Waals surface area contributed by atoms with Crippen molar-refractivity contribution in [3.63, 3.8) is 0 Å². The molecule has 0 aliphatic rings. The number of carbonyl (C=O) groups is 1. The van der Waals surface area contributed by atoms with Crippen LogP contribution in [0, 0.1) is 0 Å². The Morgan fingerprint density at radius 3 is 2.60 bits per heavy atom. The Morgan fingerprint density at radius 2 is 1.85 bits per heavy atom. The quantitative estimate of drug-likeness (QED) is 0.751. The van der Waals surface area contributed by atoms with Gasteiger partial charge in [0, 0.05) is 39.9 Å². The molecule has 1 amide bonds. The van der Waals surface area contributed by atoms with Gasteiger partial charge in [0.05, 0.1) is 0 Å². The first-order valence-electron chi connectivity index (χ1n) is 6.26. The largest absolute Gasteiger partial charge is 0.351 e. The summed E-state index contributed by atoms with van der Waals surface area (Å²) in [6.07, 6.45) is 1.96. The van der Waals surface area contributed by atoms with E-state index in [9.17, 15) is 4.79 Å². The van der Waals surface area contributed by atoms with E-state index in [0.29, 0.717) is 5.56 Å². The maximum Gasteiger partial charge on any atom is 0.256 e. The molecule has 0 atom stereocenters. The van der Waals surface area contributed by atoms with Gasteiger partial charge in [-0.3, -0.25) is 4.79 Å². The average molecular weight is 329 g/mol. The lowest BCUT2D eigenvalue weighted by atomic mass is 10.1.